The summed E-state index contributed by atoms with van der Waals surface area (Å²) in [5, 5.41) is 11.3. The number of hydrogen-bond donors (Lipinski definition) is 1. The highest BCUT2D eigenvalue weighted by molar-refractivity contribution is 5.69. The number of carbonyl (C=O) groups excluding carboxylic acids is 1. The van der Waals surface area contributed by atoms with Crippen LogP contribution in [0.3, 0.4) is 0 Å². The van der Waals surface area contributed by atoms with E-state index < -0.39 is 0 Å². The Hall–Kier alpha value is -1.08. The Bertz CT molecular complexity index is 174. The lowest BCUT2D eigenvalue weighted by Gasteiger charge is -2.08. The molecule has 0 radical (unpaired) electrons. The van der Waals surface area contributed by atoms with Gasteiger partial charge in [0.05, 0.1) is 26.0 Å². The summed E-state index contributed by atoms with van der Waals surface area (Å²) in [5.41, 5.74) is 0. The number of hydrogen-bond acceptors (Lipinski definition) is 4. The molecule has 0 saturated heterocycles. The first kappa shape index (κ1) is 10.9. The van der Waals surface area contributed by atoms with Gasteiger partial charge in [0.2, 0.25) is 0 Å². The van der Waals surface area contributed by atoms with Crippen molar-refractivity contribution in [3.05, 3.63) is 0 Å². The lowest BCUT2D eigenvalue weighted by Crippen LogP contribution is -2.28. The Kier molecular flexibility index (Phi) is 6.02. The Morgan fingerprint density at radius 2 is 2.42 bits per heavy atom. The summed E-state index contributed by atoms with van der Waals surface area (Å²) in [5.74, 6) is -0.230. The summed E-state index contributed by atoms with van der Waals surface area (Å²) in [6, 6.07) is 2.18. The van der Waals surface area contributed by atoms with Crippen LogP contribution in [0.5, 0.6) is 0 Å². The third-order valence-corrected chi connectivity index (χ3v) is 1.45. The summed E-state index contributed by atoms with van der Waals surface area (Å²) < 4.78 is 4.45. The fourth-order valence-corrected chi connectivity index (χ4v) is 0.732. The van der Waals surface area contributed by atoms with Gasteiger partial charge in [0, 0.05) is 12.6 Å². The van der Waals surface area contributed by atoms with Gasteiger partial charge < -0.3 is 10.1 Å². The quantitative estimate of drug-likeness (QED) is 0.608. The zero-order valence-corrected chi connectivity index (χ0v) is 7.46. The van der Waals surface area contributed by atoms with Gasteiger partial charge >= 0.3 is 5.97 Å². The van der Waals surface area contributed by atoms with Crippen molar-refractivity contribution in [1.82, 2.24) is 5.32 Å². The molecule has 4 heteroatoms. The second kappa shape index (κ2) is 6.62. The van der Waals surface area contributed by atoms with Crippen molar-refractivity contribution in [2.75, 3.05) is 13.7 Å². The minimum Gasteiger partial charge on any atom is -0.469 e. The van der Waals surface area contributed by atoms with Crippen LogP contribution in [0.25, 0.3) is 0 Å². The number of esters is 1. The number of nitrogens with zero attached hydrogens (tertiary/aromatic N) is 1. The molecule has 12 heavy (non-hydrogen) atoms. The van der Waals surface area contributed by atoms with Gasteiger partial charge in [0.15, 0.2) is 0 Å². The average molecular weight is 170 g/mol. The van der Waals surface area contributed by atoms with Crippen LogP contribution in [-0.4, -0.2) is 25.7 Å². The molecule has 4 nitrogen and oxygen atoms in total. The van der Waals surface area contributed by atoms with Gasteiger partial charge in [-0.25, -0.2) is 0 Å². The van der Waals surface area contributed by atoms with E-state index in [1.807, 2.05) is 13.0 Å². The van der Waals surface area contributed by atoms with Crippen LogP contribution in [0.2, 0.25) is 0 Å². The van der Waals surface area contributed by atoms with Crippen molar-refractivity contribution in [3.8, 4) is 6.07 Å². The monoisotopic (exact) mass is 170 g/mol. The van der Waals surface area contributed by atoms with Crippen LogP contribution in [-0.2, 0) is 9.53 Å². The zero-order valence-electron chi connectivity index (χ0n) is 7.46. The summed E-state index contributed by atoms with van der Waals surface area (Å²) in [7, 11) is 1.36. The molecule has 1 atom stereocenters. The maximum Gasteiger partial charge on any atom is 0.306 e. The van der Waals surface area contributed by atoms with E-state index in [1.54, 1.807) is 0 Å². The minimum atomic E-state index is -0.230. The molecule has 0 aromatic heterocycles. The summed E-state index contributed by atoms with van der Waals surface area (Å²) in [6.45, 7) is 2.47. The number of carbonyl (C=O) groups is 1. The molecule has 0 aromatic carbocycles. The predicted octanol–water partition coefficient (Wildman–Crippen LogP) is 0.441. The minimum absolute atomic E-state index is 0.139. The van der Waals surface area contributed by atoms with Gasteiger partial charge in [-0.15, -0.1) is 0 Å². The second-order valence-electron chi connectivity index (χ2n) is 2.54. The number of methoxy groups -OCH3 is 1. The van der Waals surface area contributed by atoms with Gasteiger partial charge in [-0.1, -0.05) is 0 Å². The van der Waals surface area contributed by atoms with E-state index in [0.29, 0.717) is 19.4 Å². The van der Waals surface area contributed by atoms with Crippen molar-refractivity contribution in [1.29, 1.82) is 5.26 Å². The number of rotatable bonds is 5. The maximum absolute atomic E-state index is 10.6. The first-order valence-electron chi connectivity index (χ1n) is 3.88. The number of nitriles is 1. The topological polar surface area (TPSA) is 62.1 Å². The molecule has 0 aliphatic rings. The smallest absolute Gasteiger partial charge is 0.306 e. The summed E-state index contributed by atoms with van der Waals surface area (Å²) in [4.78, 5) is 10.6. The summed E-state index contributed by atoms with van der Waals surface area (Å²) in [6.07, 6.45) is 0.813. The number of ether oxygens (including phenoxy) is 1. The van der Waals surface area contributed by atoms with Gasteiger partial charge in [-0.3, -0.25) is 4.79 Å². The Morgan fingerprint density at radius 1 is 1.75 bits per heavy atom. The molecular formula is C8H14N2O2. The highest BCUT2D eigenvalue weighted by Gasteiger charge is 2.02. The molecular weight excluding hydrogens is 156 g/mol. The molecule has 0 bridgehead atoms. The van der Waals surface area contributed by atoms with Crippen molar-refractivity contribution in [2.24, 2.45) is 0 Å². The lowest BCUT2D eigenvalue weighted by atomic mass is 10.2. The largest absolute Gasteiger partial charge is 0.469 e. The zero-order chi connectivity index (χ0) is 9.40. The van der Waals surface area contributed by atoms with E-state index in [2.05, 4.69) is 10.1 Å². The second-order valence-corrected chi connectivity index (χ2v) is 2.54. The van der Waals surface area contributed by atoms with Gasteiger partial charge in [0.1, 0.15) is 0 Å². The molecule has 0 amide bonds. The van der Waals surface area contributed by atoms with Crippen LogP contribution >= 0.6 is 0 Å². The fourth-order valence-electron chi connectivity index (χ4n) is 0.732. The van der Waals surface area contributed by atoms with E-state index >= 15 is 0 Å². The van der Waals surface area contributed by atoms with E-state index in [9.17, 15) is 4.79 Å². The van der Waals surface area contributed by atoms with Crippen LogP contribution in [0.4, 0.5) is 0 Å². The third-order valence-electron chi connectivity index (χ3n) is 1.45. The molecule has 0 unspecified atom stereocenters. The number of nitrogens with one attached hydrogen (secondary N) is 1. The average Bonchev–Trinajstić information content (AvgIpc) is 2.04. The standard InChI is InChI=1S/C8H14N2O2/c1-7(3-5-9)10-6-4-8(11)12-2/h7,10H,3-4,6H2,1-2H3/t7-/m0/s1. The highest BCUT2D eigenvalue weighted by Crippen LogP contribution is 1.88. The predicted molar refractivity (Wildman–Crippen MR) is 44.3 cm³/mol. The van der Waals surface area contributed by atoms with Gasteiger partial charge in [-0.05, 0) is 6.92 Å². The van der Waals surface area contributed by atoms with Crippen LogP contribution in [0.1, 0.15) is 19.8 Å². The normalized spacial score (nSPS) is 11.8. The first-order chi connectivity index (χ1) is 5.70. The maximum atomic E-state index is 10.6. The van der Waals surface area contributed by atoms with E-state index in [1.165, 1.54) is 7.11 Å². The molecule has 68 valence electrons. The molecule has 0 aliphatic heterocycles. The van der Waals surface area contributed by atoms with Crippen molar-refractivity contribution in [2.45, 2.75) is 25.8 Å². The Labute approximate surface area is 72.5 Å². The van der Waals surface area contributed by atoms with Crippen molar-refractivity contribution >= 4 is 5.97 Å². The van der Waals surface area contributed by atoms with E-state index in [4.69, 9.17) is 5.26 Å². The molecule has 0 spiro atoms. The van der Waals surface area contributed by atoms with E-state index in [-0.39, 0.29) is 12.0 Å². The molecule has 0 saturated carbocycles. The SMILES string of the molecule is COC(=O)CCN[C@@H](C)CC#N. The van der Waals surface area contributed by atoms with Gasteiger partial charge in [-0.2, -0.15) is 5.26 Å². The lowest BCUT2D eigenvalue weighted by molar-refractivity contribution is -0.140. The highest BCUT2D eigenvalue weighted by atomic mass is 16.5. The van der Waals surface area contributed by atoms with Gasteiger partial charge in [0.25, 0.3) is 0 Å². The molecule has 1 N–H and O–H groups in total. The van der Waals surface area contributed by atoms with Crippen LogP contribution in [0.15, 0.2) is 0 Å². The summed E-state index contributed by atoms with van der Waals surface area (Å²) >= 11 is 0. The molecule has 0 aromatic rings. The Balaban J connectivity index is 3.31. The molecule has 0 fully saturated rings. The van der Waals surface area contributed by atoms with Crippen LogP contribution in [0, 0.1) is 11.3 Å². The Morgan fingerprint density at radius 3 is 2.92 bits per heavy atom. The molecule has 0 heterocycles. The fraction of sp³-hybridized carbons (Fsp3) is 0.750. The third kappa shape index (κ3) is 5.69. The molecule has 0 rings (SSSR count). The molecule has 0 aliphatic carbocycles. The first-order valence-corrected chi connectivity index (χ1v) is 3.88. The van der Waals surface area contributed by atoms with Crippen LogP contribution < -0.4 is 5.32 Å². The van der Waals surface area contributed by atoms with E-state index in [0.717, 1.165) is 0 Å². The van der Waals surface area contributed by atoms with Crippen molar-refractivity contribution in [3.63, 3.8) is 0 Å². The van der Waals surface area contributed by atoms with Crippen molar-refractivity contribution < 1.29 is 9.53 Å².